The van der Waals surface area contributed by atoms with Gasteiger partial charge in [0.1, 0.15) is 17.1 Å². The van der Waals surface area contributed by atoms with Crippen molar-refractivity contribution in [1.29, 1.82) is 0 Å². The minimum Gasteiger partial charge on any atom is -0.508 e. The van der Waals surface area contributed by atoms with Crippen LogP contribution >= 0.6 is 0 Å². The number of ether oxygens (including phenoxy) is 1. The molecule has 0 heterocycles. The topological polar surface area (TPSA) is 66.8 Å². The second-order valence-electron chi connectivity index (χ2n) is 4.34. The standard InChI is InChI=1S/C17H20O4/c1-3-5-7-8-9-13-11-14(18)12-15(19)16(13)17(20)21-10-6-4-2/h4-5,7-9,11-12,18-19H,2-3,6,10H2,1H3/b7-5+,9-8+. The molecule has 0 radical (unpaired) electrons. The van der Waals surface area contributed by atoms with Crippen molar-refractivity contribution in [3.8, 4) is 11.5 Å². The molecule has 1 aromatic carbocycles. The van der Waals surface area contributed by atoms with Crippen LogP contribution < -0.4 is 0 Å². The highest BCUT2D eigenvalue weighted by atomic mass is 16.5. The highest BCUT2D eigenvalue weighted by Gasteiger charge is 2.17. The van der Waals surface area contributed by atoms with Gasteiger partial charge in [0.05, 0.1) is 6.61 Å². The van der Waals surface area contributed by atoms with Crippen molar-refractivity contribution in [2.24, 2.45) is 0 Å². The van der Waals surface area contributed by atoms with Gasteiger partial charge < -0.3 is 14.9 Å². The van der Waals surface area contributed by atoms with Crippen LogP contribution in [0.1, 0.15) is 35.7 Å². The fourth-order valence-electron chi connectivity index (χ4n) is 1.67. The number of benzene rings is 1. The second kappa shape index (κ2) is 8.64. The maximum Gasteiger partial charge on any atom is 0.342 e. The van der Waals surface area contributed by atoms with E-state index in [4.69, 9.17) is 4.74 Å². The molecule has 21 heavy (non-hydrogen) atoms. The van der Waals surface area contributed by atoms with E-state index in [-0.39, 0.29) is 23.7 Å². The third kappa shape index (κ3) is 5.18. The molecular weight excluding hydrogens is 268 g/mol. The van der Waals surface area contributed by atoms with E-state index in [0.29, 0.717) is 12.0 Å². The second-order valence-corrected chi connectivity index (χ2v) is 4.34. The summed E-state index contributed by atoms with van der Waals surface area (Å²) in [6.45, 7) is 5.75. The van der Waals surface area contributed by atoms with Crippen molar-refractivity contribution in [3.63, 3.8) is 0 Å². The first-order valence-electron chi connectivity index (χ1n) is 6.77. The van der Waals surface area contributed by atoms with Crippen LogP contribution in [-0.2, 0) is 4.74 Å². The number of esters is 1. The van der Waals surface area contributed by atoms with Gasteiger partial charge in [-0.15, -0.1) is 6.58 Å². The third-order valence-corrected chi connectivity index (χ3v) is 2.65. The number of hydrogen-bond acceptors (Lipinski definition) is 4. The Labute approximate surface area is 124 Å². The quantitative estimate of drug-likeness (QED) is 0.346. The Morgan fingerprint density at radius 2 is 2.10 bits per heavy atom. The fourth-order valence-corrected chi connectivity index (χ4v) is 1.67. The maximum atomic E-state index is 12.0. The summed E-state index contributed by atoms with van der Waals surface area (Å²) in [7, 11) is 0. The number of carbonyl (C=O) groups is 1. The monoisotopic (exact) mass is 288 g/mol. The molecule has 0 saturated carbocycles. The number of rotatable bonds is 7. The molecule has 0 aliphatic heterocycles. The average Bonchev–Trinajstić information content (AvgIpc) is 2.43. The molecule has 0 saturated heterocycles. The zero-order valence-corrected chi connectivity index (χ0v) is 12.1. The van der Waals surface area contributed by atoms with E-state index < -0.39 is 5.97 Å². The highest BCUT2D eigenvalue weighted by Crippen LogP contribution is 2.29. The zero-order chi connectivity index (χ0) is 15.7. The summed E-state index contributed by atoms with van der Waals surface area (Å²) in [6, 6.07) is 2.52. The van der Waals surface area contributed by atoms with E-state index >= 15 is 0 Å². The number of carbonyl (C=O) groups excluding carboxylic acids is 1. The van der Waals surface area contributed by atoms with Crippen LogP contribution in [0.5, 0.6) is 11.5 Å². The van der Waals surface area contributed by atoms with Crippen LogP contribution in [0.2, 0.25) is 0 Å². The minimum absolute atomic E-state index is 0.0398. The summed E-state index contributed by atoms with van der Waals surface area (Å²) in [5.74, 6) is -1.06. The summed E-state index contributed by atoms with van der Waals surface area (Å²) >= 11 is 0. The van der Waals surface area contributed by atoms with Gasteiger partial charge in [0, 0.05) is 6.07 Å². The molecule has 0 aliphatic carbocycles. The van der Waals surface area contributed by atoms with E-state index in [1.54, 1.807) is 18.2 Å². The lowest BCUT2D eigenvalue weighted by Gasteiger charge is -2.09. The normalized spacial score (nSPS) is 11.1. The molecule has 0 amide bonds. The first-order chi connectivity index (χ1) is 10.1. The fraction of sp³-hybridized carbons (Fsp3) is 0.235. The lowest BCUT2D eigenvalue weighted by Crippen LogP contribution is -2.08. The number of allylic oxidation sites excluding steroid dienone is 3. The number of aromatic hydroxyl groups is 2. The van der Waals surface area contributed by atoms with Crippen LogP contribution in [0.15, 0.2) is 43.0 Å². The van der Waals surface area contributed by atoms with E-state index in [2.05, 4.69) is 6.58 Å². The van der Waals surface area contributed by atoms with Crippen LogP contribution in [0.4, 0.5) is 0 Å². The summed E-state index contributed by atoms with van der Waals surface area (Å²) < 4.78 is 5.05. The molecule has 2 N–H and O–H groups in total. The van der Waals surface area contributed by atoms with E-state index in [9.17, 15) is 15.0 Å². The summed E-state index contributed by atoms with van der Waals surface area (Å²) in [6.07, 6.45) is 10.2. The number of hydrogen-bond donors (Lipinski definition) is 2. The molecule has 0 spiro atoms. The lowest BCUT2D eigenvalue weighted by atomic mass is 10.0. The molecule has 4 heteroatoms. The van der Waals surface area contributed by atoms with Gasteiger partial charge in [-0.25, -0.2) is 4.79 Å². The van der Waals surface area contributed by atoms with Gasteiger partial charge in [-0.3, -0.25) is 0 Å². The van der Waals surface area contributed by atoms with Gasteiger partial charge in [-0.2, -0.15) is 0 Å². The summed E-state index contributed by atoms with van der Waals surface area (Å²) in [5.41, 5.74) is 0.440. The Balaban J connectivity index is 3.05. The van der Waals surface area contributed by atoms with E-state index in [1.807, 2.05) is 19.1 Å². The van der Waals surface area contributed by atoms with Gasteiger partial charge in [0.25, 0.3) is 0 Å². The first kappa shape index (κ1) is 16.6. The van der Waals surface area contributed by atoms with Crippen LogP contribution in [-0.4, -0.2) is 22.8 Å². The molecule has 0 atom stereocenters. The van der Waals surface area contributed by atoms with Crippen molar-refractivity contribution >= 4 is 12.0 Å². The van der Waals surface area contributed by atoms with Crippen molar-refractivity contribution in [2.45, 2.75) is 19.8 Å². The van der Waals surface area contributed by atoms with Crippen LogP contribution in [0.25, 0.3) is 6.08 Å². The first-order valence-corrected chi connectivity index (χ1v) is 6.77. The SMILES string of the molecule is C=CCCOC(=O)c1c(O)cc(O)cc1/C=C/C=C/CC. The van der Waals surface area contributed by atoms with Gasteiger partial charge in [0.15, 0.2) is 0 Å². The molecular formula is C17H20O4. The largest absolute Gasteiger partial charge is 0.508 e. The zero-order valence-electron chi connectivity index (χ0n) is 12.1. The number of phenolic OH excluding ortho intramolecular Hbond substituents is 2. The maximum absolute atomic E-state index is 12.0. The van der Waals surface area contributed by atoms with E-state index in [0.717, 1.165) is 12.5 Å². The molecule has 4 nitrogen and oxygen atoms in total. The molecule has 0 fully saturated rings. The van der Waals surface area contributed by atoms with Gasteiger partial charge >= 0.3 is 5.97 Å². The van der Waals surface area contributed by atoms with Crippen molar-refractivity contribution < 1.29 is 19.7 Å². The Bertz CT molecular complexity index is 556. The molecule has 0 aliphatic rings. The molecule has 1 aromatic rings. The Morgan fingerprint density at radius 3 is 2.76 bits per heavy atom. The Morgan fingerprint density at radius 1 is 1.33 bits per heavy atom. The molecule has 112 valence electrons. The lowest BCUT2D eigenvalue weighted by molar-refractivity contribution is 0.0508. The minimum atomic E-state index is -0.631. The smallest absolute Gasteiger partial charge is 0.342 e. The van der Waals surface area contributed by atoms with Gasteiger partial charge in [-0.1, -0.05) is 37.3 Å². The Hall–Kier alpha value is -2.49. The number of phenols is 2. The highest BCUT2D eigenvalue weighted by molar-refractivity contribution is 5.97. The molecule has 0 aromatic heterocycles. The molecule has 0 unspecified atom stereocenters. The molecule has 1 rings (SSSR count). The predicted molar refractivity (Wildman–Crippen MR) is 83.3 cm³/mol. The summed E-state index contributed by atoms with van der Waals surface area (Å²) in [4.78, 5) is 12.0. The van der Waals surface area contributed by atoms with Gasteiger partial charge in [-0.05, 0) is 24.5 Å². The summed E-state index contributed by atoms with van der Waals surface area (Å²) in [5, 5.41) is 19.4. The van der Waals surface area contributed by atoms with Crippen LogP contribution in [0, 0.1) is 0 Å². The van der Waals surface area contributed by atoms with Gasteiger partial charge in [0.2, 0.25) is 0 Å². The third-order valence-electron chi connectivity index (χ3n) is 2.65. The van der Waals surface area contributed by atoms with Crippen molar-refractivity contribution in [1.82, 2.24) is 0 Å². The predicted octanol–water partition coefficient (Wildman–Crippen LogP) is 3.81. The van der Waals surface area contributed by atoms with E-state index in [1.165, 1.54) is 6.07 Å². The van der Waals surface area contributed by atoms with Crippen LogP contribution in [0.3, 0.4) is 0 Å². The Kier molecular flexibility index (Phi) is 6.81. The average molecular weight is 288 g/mol. The molecule has 0 bridgehead atoms. The van der Waals surface area contributed by atoms with Crippen molar-refractivity contribution in [3.05, 3.63) is 54.1 Å². The van der Waals surface area contributed by atoms with Crippen molar-refractivity contribution in [2.75, 3.05) is 6.61 Å².